The van der Waals surface area contributed by atoms with Crippen LogP contribution in [0.3, 0.4) is 0 Å². The van der Waals surface area contributed by atoms with E-state index in [2.05, 4.69) is 15.6 Å². The van der Waals surface area contributed by atoms with Crippen LogP contribution in [0.4, 0.5) is 17.1 Å². The first-order chi connectivity index (χ1) is 14.5. The molecular formula is C21H20N6O3. The molecule has 1 amide bonds. The van der Waals surface area contributed by atoms with Gasteiger partial charge < -0.3 is 15.2 Å². The summed E-state index contributed by atoms with van der Waals surface area (Å²) in [7, 11) is 3.18. The lowest BCUT2D eigenvalue weighted by molar-refractivity contribution is -0.116. The minimum atomic E-state index is -0.600. The van der Waals surface area contributed by atoms with Crippen molar-refractivity contribution in [2.24, 2.45) is 14.1 Å². The van der Waals surface area contributed by atoms with Crippen LogP contribution in [0.15, 0.2) is 70.5 Å². The zero-order valence-electron chi connectivity index (χ0n) is 16.5. The number of amides is 1. The summed E-state index contributed by atoms with van der Waals surface area (Å²) in [4.78, 5) is 42.1. The highest BCUT2D eigenvalue weighted by molar-refractivity contribution is 5.94. The summed E-state index contributed by atoms with van der Waals surface area (Å²) in [5, 5.41) is 6.02. The molecule has 0 radical (unpaired) electrons. The van der Waals surface area contributed by atoms with E-state index in [1.54, 1.807) is 19.2 Å². The molecule has 0 atom stereocenters. The van der Waals surface area contributed by atoms with Gasteiger partial charge in [0.1, 0.15) is 6.54 Å². The van der Waals surface area contributed by atoms with Crippen molar-refractivity contribution in [2.45, 2.75) is 6.54 Å². The van der Waals surface area contributed by atoms with Gasteiger partial charge in [0.25, 0.3) is 5.56 Å². The molecule has 0 aliphatic heterocycles. The quantitative estimate of drug-likeness (QED) is 0.528. The number of hydrogen-bond donors (Lipinski definition) is 2. The van der Waals surface area contributed by atoms with E-state index in [0.717, 1.165) is 10.3 Å². The largest absolute Gasteiger partial charge is 0.354 e. The van der Waals surface area contributed by atoms with Gasteiger partial charge in [-0.25, -0.2) is 14.3 Å². The van der Waals surface area contributed by atoms with Crippen LogP contribution < -0.4 is 21.9 Å². The molecule has 0 aliphatic carbocycles. The Kier molecular flexibility index (Phi) is 4.93. The standard InChI is InChI=1S/C21H20N6O3/c1-25-13-22-19-18(25)20(29)27(21(30)26(19)2)12-17(28)24-16-11-7-6-10-15(16)23-14-8-4-3-5-9-14/h3-11,13,23H,12H2,1-2H3,(H,24,28). The van der Waals surface area contributed by atoms with Gasteiger partial charge in [-0.15, -0.1) is 0 Å². The molecule has 2 heterocycles. The zero-order chi connectivity index (χ0) is 21.3. The molecule has 4 rings (SSSR count). The fourth-order valence-electron chi connectivity index (χ4n) is 3.25. The van der Waals surface area contributed by atoms with E-state index in [9.17, 15) is 14.4 Å². The maximum absolute atomic E-state index is 12.8. The van der Waals surface area contributed by atoms with Gasteiger partial charge in [0.05, 0.1) is 17.7 Å². The van der Waals surface area contributed by atoms with Crippen molar-refractivity contribution in [1.82, 2.24) is 18.7 Å². The molecule has 0 fully saturated rings. The second kappa shape index (κ2) is 7.70. The average Bonchev–Trinajstić information content (AvgIpc) is 3.13. The Balaban J connectivity index is 1.62. The zero-order valence-corrected chi connectivity index (χ0v) is 16.5. The van der Waals surface area contributed by atoms with Crippen LogP contribution in [0.25, 0.3) is 11.2 Å². The van der Waals surface area contributed by atoms with Crippen LogP contribution in [-0.4, -0.2) is 24.6 Å². The number of carbonyl (C=O) groups excluding carboxylic acids is 1. The predicted octanol–water partition coefficient (Wildman–Crippen LogP) is 1.82. The topological polar surface area (TPSA) is 103 Å². The summed E-state index contributed by atoms with van der Waals surface area (Å²) >= 11 is 0. The first kappa shape index (κ1) is 19.2. The molecule has 2 N–H and O–H groups in total. The van der Waals surface area contributed by atoms with E-state index < -0.39 is 23.7 Å². The molecule has 9 heteroatoms. The van der Waals surface area contributed by atoms with Crippen molar-refractivity contribution >= 4 is 34.1 Å². The summed E-state index contributed by atoms with van der Waals surface area (Å²) < 4.78 is 3.70. The third-order valence-electron chi connectivity index (χ3n) is 4.76. The third-order valence-corrected chi connectivity index (χ3v) is 4.76. The molecule has 0 saturated carbocycles. The Labute approximate surface area is 171 Å². The fourth-order valence-corrected chi connectivity index (χ4v) is 3.25. The van der Waals surface area contributed by atoms with E-state index in [0.29, 0.717) is 11.4 Å². The Morgan fingerprint density at radius 1 is 0.967 bits per heavy atom. The summed E-state index contributed by atoms with van der Waals surface area (Å²) in [6.07, 6.45) is 1.46. The van der Waals surface area contributed by atoms with Crippen molar-refractivity contribution in [2.75, 3.05) is 10.6 Å². The van der Waals surface area contributed by atoms with Gasteiger partial charge in [-0.1, -0.05) is 30.3 Å². The molecule has 2 aromatic carbocycles. The number of aromatic nitrogens is 4. The van der Waals surface area contributed by atoms with Crippen molar-refractivity contribution in [3.8, 4) is 0 Å². The van der Waals surface area contributed by atoms with Crippen molar-refractivity contribution in [3.63, 3.8) is 0 Å². The summed E-state index contributed by atoms with van der Waals surface area (Å²) in [5.41, 5.74) is 1.48. The lowest BCUT2D eigenvalue weighted by Crippen LogP contribution is -2.42. The second-order valence-corrected chi connectivity index (χ2v) is 6.85. The maximum Gasteiger partial charge on any atom is 0.332 e. The highest BCUT2D eigenvalue weighted by atomic mass is 16.2. The van der Waals surface area contributed by atoms with E-state index in [4.69, 9.17) is 0 Å². The molecule has 0 aliphatic rings. The number of anilines is 3. The molecule has 0 spiro atoms. The normalized spacial score (nSPS) is 10.9. The number of nitrogens with one attached hydrogen (secondary N) is 2. The number of aryl methyl sites for hydroxylation is 2. The van der Waals surface area contributed by atoms with Gasteiger partial charge in [0.2, 0.25) is 5.91 Å². The first-order valence-corrected chi connectivity index (χ1v) is 9.27. The molecule has 9 nitrogen and oxygen atoms in total. The SMILES string of the molecule is Cn1cnc2c1c(=O)n(CC(=O)Nc1ccccc1Nc1ccccc1)c(=O)n2C. The number of rotatable bonds is 5. The van der Waals surface area contributed by atoms with Crippen LogP contribution >= 0.6 is 0 Å². The summed E-state index contributed by atoms with van der Waals surface area (Å²) in [5.74, 6) is -0.488. The van der Waals surface area contributed by atoms with Crippen LogP contribution in [0.1, 0.15) is 0 Å². The van der Waals surface area contributed by atoms with Crippen LogP contribution in [0, 0.1) is 0 Å². The Hall–Kier alpha value is -4.14. The van der Waals surface area contributed by atoms with Gasteiger partial charge in [0, 0.05) is 19.8 Å². The van der Waals surface area contributed by atoms with Gasteiger partial charge in [-0.05, 0) is 24.3 Å². The minimum absolute atomic E-state index is 0.260. The van der Waals surface area contributed by atoms with E-state index in [-0.39, 0.29) is 11.2 Å². The number of imidazole rings is 1. The van der Waals surface area contributed by atoms with Crippen LogP contribution in [-0.2, 0) is 25.4 Å². The first-order valence-electron chi connectivity index (χ1n) is 9.27. The third kappa shape index (κ3) is 3.48. The molecule has 0 bridgehead atoms. The smallest absolute Gasteiger partial charge is 0.332 e. The van der Waals surface area contributed by atoms with E-state index >= 15 is 0 Å². The molecule has 2 aromatic heterocycles. The lowest BCUT2D eigenvalue weighted by atomic mass is 10.2. The molecule has 152 valence electrons. The van der Waals surface area contributed by atoms with Crippen LogP contribution in [0.5, 0.6) is 0 Å². The highest BCUT2D eigenvalue weighted by Crippen LogP contribution is 2.25. The number of hydrogen-bond acceptors (Lipinski definition) is 5. The number of nitrogens with zero attached hydrogens (tertiary/aromatic N) is 4. The monoisotopic (exact) mass is 404 g/mol. The van der Waals surface area contributed by atoms with Crippen LogP contribution in [0.2, 0.25) is 0 Å². The molecular weight excluding hydrogens is 384 g/mol. The Morgan fingerprint density at radius 2 is 1.63 bits per heavy atom. The lowest BCUT2D eigenvalue weighted by Gasteiger charge is -2.14. The number of para-hydroxylation sites is 3. The van der Waals surface area contributed by atoms with Gasteiger partial charge >= 0.3 is 5.69 Å². The fraction of sp³-hybridized carbons (Fsp3) is 0.143. The van der Waals surface area contributed by atoms with Gasteiger partial charge in [-0.2, -0.15) is 0 Å². The maximum atomic E-state index is 12.8. The predicted molar refractivity (Wildman–Crippen MR) is 115 cm³/mol. The van der Waals surface area contributed by atoms with Crippen molar-refractivity contribution < 1.29 is 4.79 Å². The number of carbonyl (C=O) groups is 1. The second-order valence-electron chi connectivity index (χ2n) is 6.85. The Morgan fingerprint density at radius 3 is 2.37 bits per heavy atom. The molecule has 4 aromatic rings. The number of fused-ring (bicyclic) bond motifs is 1. The average molecular weight is 404 g/mol. The van der Waals surface area contributed by atoms with E-state index in [1.807, 2.05) is 42.5 Å². The molecule has 0 saturated heterocycles. The minimum Gasteiger partial charge on any atom is -0.354 e. The molecule has 0 unspecified atom stereocenters. The molecule has 30 heavy (non-hydrogen) atoms. The van der Waals surface area contributed by atoms with Crippen molar-refractivity contribution in [1.29, 1.82) is 0 Å². The number of benzene rings is 2. The Bertz CT molecular complexity index is 1350. The van der Waals surface area contributed by atoms with Gasteiger partial charge in [0.15, 0.2) is 11.2 Å². The van der Waals surface area contributed by atoms with Gasteiger partial charge in [-0.3, -0.25) is 14.2 Å². The summed E-state index contributed by atoms with van der Waals surface area (Å²) in [6.45, 7) is -0.410. The summed E-state index contributed by atoms with van der Waals surface area (Å²) in [6, 6.07) is 16.7. The van der Waals surface area contributed by atoms with Crippen molar-refractivity contribution in [3.05, 3.63) is 81.8 Å². The highest BCUT2D eigenvalue weighted by Gasteiger charge is 2.17. The van der Waals surface area contributed by atoms with E-state index in [1.165, 1.54) is 22.5 Å².